The van der Waals surface area contributed by atoms with Crippen molar-refractivity contribution in [2.24, 2.45) is 5.41 Å². The molecule has 0 aliphatic rings. The molecule has 15 heavy (non-hydrogen) atoms. The smallest absolute Gasteiger partial charge is 0.107 e. The zero-order valence-electron chi connectivity index (χ0n) is 9.29. The van der Waals surface area contributed by atoms with Crippen LogP contribution in [-0.2, 0) is 0 Å². The first-order valence-corrected chi connectivity index (χ1v) is 5.64. The molecule has 0 saturated heterocycles. The van der Waals surface area contributed by atoms with Crippen LogP contribution < -0.4 is 0 Å². The molecule has 0 radical (unpaired) electrons. The lowest BCUT2D eigenvalue weighted by Crippen LogP contribution is -1.99. The molecule has 0 aromatic heterocycles. The average molecular weight is 217 g/mol. The second kappa shape index (κ2) is 5.04. The highest BCUT2D eigenvalue weighted by atomic mass is 32.2. The topological polar surface area (TPSA) is 23.9 Å². The first-order chi connectivity index (χ1) is 6.99. The van der Waals surface area contributed by atoms with Gasteiger partial charge in [-0.3, -0.25) is 5.41 Å². The molecule has 0 heterocycles. The molecule has 0 aliphatic carbocycles. The highest BCUT2D eigenvalue weighted by Crippen LogP contribution is 2.14. The minimum Gasteiger partial charge on any atom is -0.293 e. The van der Waals surface area contributed by atoms with Gasteiger partial charge < -0.3 is 0 Å². The summed E-state index contributed by atoms with van der Waals surface area (Å²) >= 11 is 1.28. The summed E-state index contributed by atoms with van der Waals surface area (Å²) in [7, 11) is 0. The molecule has 2 heteroatoms. The number of rotatable bonds is 1. The van der Waals surface area contributed by atoms with Crippen molar-refractivity contribution in [1.82, 2.24) is 0 Å². The summed E-state index contributed by atoms with van der Waals surface area (Å²) < 4.78 is 0. The van der Waals surface area contributed by atoms with E-state index in [1.165, 1.54) is 11.8 Å². The van der Waals surface area contributed by atoms with Crippen molar-refractivity contribution >= 4 is 16.8 Å². The monoisotopic (exact) mass is 217 g/mol. The lowest BCUT2D eigenvalue weighted by molar-refractivity contribution is 0.571. The minimum atomic E-state index is 0.00394. The molecule has 0 unspecified atom stereocenters. The maximum atomic E-state index is 7.80. The van der Waals surface area contributed by atoms with Gasteiger partial charge in [-0.05, 0) is 37.8 Å². The van der Waals surface area contributed by atoms with Crippen molar-refractivity contribution < 1.29 is 0 Å². The van der Waals surface area contributed by atoms with Gasteiger partial charge in [-0.15, -0.1) is 0 Å². The Bertz CT molecular complexity index is 390. The zero-order chi connectivity index (χ0) is 11.3. The predicted molar refractivity (Wildman–Crippen MR) is 68.1 cm³/mol. The molecule has 0 atom stereocenters. The van der Waals surface area contributed by atoms with Crippen LogP contribution in [0.15, 0.2) is 30.3 Å². The van der Waals surface area contributed by atoms with Crippen molar-refractivity contribution in [2.75, 3.05) is 0 Å². The normalized spacial score (nSPS) is 10.3. The Hall–Kier alpha value is -1.20. The molecule has 0 amide bonds. The largest absolute Gasteiger partial charge is 0.293 e. The van der Waals surface area contributed by atoms with E-state index in [4.69, 9.17) is 5.41 Å². The van der Waals surface area contributed by atoms with E-state index in [1.54, 1.807) is 0 Å². The molecule has 0 spiro atoms. The zero-order valence-corrected chi connectivity index (χ0v) is 10.1. The van der Waals surface area contributed by atoms with Crippen LogP contribution in [0.1, 0.15) is 26.3 Å². The van der Waals surface area contributed by atoms with Gasteiger partial charge in [-0.1, -0.05) is 36.3 Å². The van der Waals surface area contributed by atoms with Crippen LogP contribution in [0.3, 0.4) is 0 Å². The molecule has 1 aromatic carbocycles. The number of thioether (sulfide) groups is 1. The van der Waals surface area contributed by atoms with Gasteiger partial charge >= 0.3 is 0 Å². The molecule has 0 fully saturated rings. The maximum Gasteiger partial charge on any atom is 0.107 e. The molecule has 1 rings (SSSR count). The fraction of sp³-hybridized carbons (Fsp3) is 0.308. The van der Waals surface area contributed by atoms with Crippen LogP contribution in [-0.4, -0.2) is 5.04 Å². The van der Waals surface area contributed by atoms with Crippen molar-refractivity contribution in [1.29, 1.82) is 5.41 Å². The van der Waals surface area contributed by atoms with Crippen LogP contribution >= 0.6 is 11.8 Å². The highest BCUT2D eigenvalue weighted by molar-refractivity contribution is 8.18. The number of benzene rings is 1. The molecular formula is C13H15NS. The summed E-state index contributed by atoms with van der Waals surface area (Å²) in [5.74, 6) is 3.09. The van der Waals surface area contributed by atoms with Crippen LogP contribution in [0.5, 0.6) is 0 Å². The van der Waals surface area contributed by atoms with E-state index < -0.39 is 0 Å². The first kappa shape index (κ1) is 11.9. The summed E-state index contributed by atoms with van der Waals surface area (Å²) in [6, 6.07) is 9.66. The van der Waals surface area contributed by atoms with Gasteiger partial charge in [0, 0.05) is 11.0 Å². The van der Waals surface area contributed by atoms with Crippen molar-refractivity contribution in [3.05, 3.63) is 35.9 Å². The second-order valence-electron chi connectivity index (χ2n) is 4.27. The molecule has 0 bridgehead atoms. The Morgan fingerprint density at radius 3 is 2.33 bits per heavy atom. The summed E-state index contributed by atoms with van der Waals surface area (Å²) in [6.07, 6.45) is 0. The summed E-state index contributed by atoms with van der Waals surface area (Å²) in [5.41, 5.74) is 0.926. The molecule has 0 saturated carbocycles. The Labute approximate surface area is 95.8 Å². The minimum absolute atomic E-state index is 0.00394. The van der Waals surface area contributed by atoms with Crippen LogP contribution in [0.4, 0.5) is 0 Å². The van der Waals surface area contributed by atoms with Gasteiger partial charge in [0.1, 0.15) is 5.04 Å². The lowest BCUT2D eigenvalue weighted by atomic mass is 9.99. The van der Waals surface area contributed by atoms with Crippen LogP contribution in [0.25, 0.3) is 0 Å². The Kier molecular flexibility index (Phi) is 3.99. The van der Waals surface area contributed by atoms with Crippen LogP contribution in [0.2, 0.25) is 0 Å². The van der Waals surface area contributed by atoms with E-state index in [9.17, 15) is 0 Å². The molecule has 1 N–H and O–H groups in total. The third-order valence-corrected chi connectivity index (χ3v) is 2.26. The Morgan fingerprint density at radius 2 is 1.80 bits per heavy atom. The van der Waals surface area contributed by atoms with Gasteiger partial charge in [0.15, 0.2) is 0 Å². The molecule has 1 aromatic rings. The van der Waals surface area contributed by atoms with E-state index in [-0.39, 0.29) is 5.41 Å². The van der Waals surface area contributed by atoms with Gasteiger partial charge in [0.05, 0.1) is 0 Å². The van der Waals surface area contributed by atoms with Crippen molar-refractivity contribution in [2.45, 2.75) is 20.8 Å². The molecule has 1 nitrogen and oxygen atoms in total. The van der Waals surface area contributed by atoms with Gasteiger partial charge in [0.25, 0.3) is 0 Å². The maximum absolute atomic E-state index is 7.80. The van der Waals surface area contributed by atoms with Gasteiger partial charge in [0.2, 0.25) is 0 Å². The first-order valence-electron chi connectivity index (χ1n) is 4.82. The van der Waals surface area contributed by atoms with Gasteiger partial charge in [-0.2, -0.15) is 0 Å². The standard InChI is InChI=1S/C13H15NS/c1-13(2,3)9-10-15-12(14)11-7-5-4-6-8-11/h4-8,14H,1-3H3. The third-order valence-electron chi connectivity index (χ3n) is 1.62. The highest BCUT2D eigenvalue weighted by Gasteiger charge is 2.04. The average Bonchev–Trinajstić information content (AvgIpc) is 2.17. The summed E-state index contributed by atoms with van der Waals surface area (Å²) in [4.78, 5) is 0. The van der Waals surface area contributed by atoms with E-state index >= 15 is 0 Å². The predicted octanol–water partition coefficient (Wildman–Crippen LogP) is 3.75. The molecule has 0 aliphatic heterocycles. The lowest BCUT2D eigenvalue weighted by Gasteiger charge is -2.06. The number of hydrogen-bond acceptors (Lipinski definition) is 2. The van der Waals surface area contributed by atoms with E-state index in [0.717, 1.165) is 5.56 Å². The fourth-order valence-corrected chi connectivity index (χ4v) is 1.59. The Morgan fingerprint density at radius 1 is 1.20 bits per heavy atom. The van der Waals surface area contributed by atoms with Crippen molar-refractivity contribution in [3.8, 4) is 11.2 Å². The van der Waals surface area contributed by atoms with E-state index in [1.807, 2.05) is 30.3 Å². The number of nitrogens with one attached hydrogen (secondary N) is 1. The number of hydrogen-bond donors (Lipinski definition) is 1. The van der Waals surface area contributed by atoms with Crippen molar-refractivity contribution in [3.63, 3.8) is 0 Å². The summed E-state index contributed by atoms with van der Waals surface area (Å²) in [6.45, 7) is 6.19. The van der Waals surface area contributed by atoms with Crippen LogP contribution in [0, 0.1) is 22.0 Å². The van der Waals surface area contributed by atoms with Gasteiger partial charge in [-0.25, -0.2) is 0 Å². The fourth-order valence-electron chi connectivity index (χ4n) is 0.878. The Balaban J connectivity index is 2.61. The molecule has 78 valence electrons. The second-order valence-corrected chi connectivity index (χ2v) is 5.09. The van der Waals surface area contributed by atoms with E-state index in [2.05, 4.69) is 31.9 Å². The summed E-state index contributed by atoms with van der Waals surface area (Å²) in [5, 5.41) is 11.3. The SMILES string of the molecule is CC(C)(C)C#CSC(=N)c1ccccc1. The molecular weight excluding hydrogens is 202 g/mol. The quantitative estimate of drug-likeness (QED) is 0.432. The van der Waals surface area contributed by atoms with E-state index in [0.29, 0.717) is 5.04 Å². The third kappa shape index (κ3) is 4.71.